The highest BCUT2D eigenvalue weighted by atomic mass is 16.5. The van der Waals surface area contributed by atoms with Gasteiger partial charge in [-0.2, -0.15) is 0 Å². The topological polar surface area (TPSA) is 20.5 Å². The van der Waals surface area contributed by atoms with Gasteiger partial charge < -0.3 is 4.74 Å². The molecule has 1 aliphatic rings. The summed E-state index contributed by atoms with van der Waals surface area (Å²) < 4.78 is 10.8. The molecule has 0 unspecified atom stereocenters. The lowest BCUT2D eigenvalue weighted by Gasteiger charge is -2.01. The molecule has 0 amide bonds. The van der Waals surface area contributed by atoms with Crippen LogP contribution in [0.2, 0.25) is 0 Å². The van der Waals surface area contributed by atoms with Crippen molar-refractivity contribution >= 4 is 5.78 Å². The van der Waals surface area contributed by atoms with Gasteiger partial charge >= 0.3 is 5.78 Å². The molecule has 0 N–H and O–H groups in total. The van der Waals surface area contributed by atoms with Gasteiger partial charge in [0.05, 0.1) is 18.8 Å². The molecule has 0 bridgehead atoms. The maximum Gasteiger partial charge on any atom is 0.358 e. The number of rotatable bonds is 7. The summed E-state index contributed by atoms with van der Waals surface area (Å²) >= 11 is 0. The summed E-state index contributed by atoms with van der Waals surface area (Å²) in [5, 5.41) is 0. The Morgan fingerprint density at radius 3 is 2.88 bits per heavy atom. The predicted octanol–water partition coefficient (Wildman–Crippen LogP) is 3.48. The molecule has 2 heteroatoms. The third kappa shape index (κ3) is 4.46. The largest absolute Gasteiger partial charge is 0.489 e. The van der Waals surface area contributed by atoms with Gasteiger partial charge in [-0.1, -0.05) is 38.2 Å². The maximum atomic E-state index is 5.72. The van der Waals surface area contributed by atoms with Crippen LogP contribution in [0.1, 0.15) is 32.6 Å². The number of ketones is 1. The van der Waals surface area contributed by atoms with Crippen LogP contribution >= 0.6 is 0 Å². The first-order chi connectivity index (χ1) is 8.31. The van der Waals surface area contributed by atoms with E-state index in [1.807, 2.05) is 12.2 Å². The SMILES string of the molecule is C=CC1=CC(OC)=C=CC1=[O+]CCCCCC. The smallest absolute Gasteiger partial charge is 0.358 e. The lowest BCUT2D eigenvalue weighted by Crippen LogP contribution is -2.06. The molecular formula is C15H21O2+. The molecule has 0 aromatic rings. The highest BCUT2D eigenvalue weighted by Crippen LogP contribution is 2.11. The molecule has 0 radical (unpaired) electrons. The zero-order chi connectivity index (χ0) is 12.5. The standard InChI is InChI=1S/C15H21O2/c1-4-6-7-8-11-17-15-10-9-14(16-3)12-13(15)5-2/h5,10,12H,2,4,6-8,11H2,1,3H3/q+1. The fourth-order valence-electron chi connectivity index (χ4n) is 1.59. The van der Waals surface area contributed by atoms with Crippen LogP contribution in [0.4, 0.5) is 0 Å². The number of carbonyl (C=O) groups excluding carboxylic acids is 1. The van der Waals surface area contributed by atoms with Gasteiger partial charge in [-0.25, -0.2) is 0 Å². The van der Waals surface area contributed by atoms with Gasteiger partial charge in [0.25, 0.3) is 6.61 Å². The second-order valence-corrected chi connectivity index (χ2v) is 3.93. The van der Waals surface area contributed by atoms with Crippen LogP contribution in [-0.4, -0.2) is 19.5 Å². The maximum absolute atomic E-state index is 5.72. The summed E-state index contributed by atoms with van der Waals surface area (Å²) in [7, 11) is 1.63. The molecule has 0 saturated carbocycles. The molecule has 0 aromatic carbocycles. The fraction of sp³-hybridized carbons (Fsp3) is 0.467. The van der Waals surface area contributed by atoms with Crippen molar-refractivity contribution in [2.45, 2.75) is 32.6 Å². The van der Waals surface area contributed by atoms with Gasteiger partial charge in [0.2, 0.25) is 0 Å². The average molecular weight is 233 g/mol. The highest BCUT2D eigenvalue weighted by molar-refractivity contribution is 6.07. The van der Waals surface area contributed by atoms with Crippen molar-refractivity contribution in [2.24, 2.45) is 0 Å². The minimum Gasteiger partial charge on any atom is -0.489 e. The van der Waals surface area contributed by atoms with Crippen molar-refractivity contribution in [1.82, 2.24) is 0 Å². The Kier molecular flexibility index (Phi) is 6.13. The van der Waals surface area contributed by atoms with E-state index in [1.54, 1.807) is 13.2 Å². The van der Waals surface area contributed by atoms with E-state index in [0.717, 1.165) is 24.4 Å². The van der Waals surface area contributed by atoms with Crippen LogP contribution in [0.15, 0.2) is 41.9 Å². The Hall–Kier alpha value is -1.53. The van der Waals surface area contributed by atoms with E-state index in [2.05, 4.69) is 19.2 Å². The van der Waals surface area contributed by atoms with E-state index in [0.29, 0.717) is 5.76 Å². The van der Waals surface area contributed by atoms with Gasteiger partial charge in [-0.15, -0.1) is 0 Å². The lowest BCUT2D eigenvalue weighted by atomic mass is 10.1. The third-order valence-corrected chi connectivity index (χ3v) is 2.61. The normalized spacial score (nSPS) is 16.7. The number of ether oxygens (including phenoxy) is 1. The highest BCUT2D eigenvalue weighted by Gasteiger charge is 2.16. The number of methoxy groups -OCH3 is 1. The molecule has 0 atom stereocenters. The molecule has 1 aliphatic carbocycles. The van der Waals surface area contributed by atoms with Crippen molar-refractivity contribution in [2.75, 3.05) is 13.7 Å². The molecule has 1 rings (SSSR count). The summed E-state index contributed by atoms with van der Waals surface area (Å²) in [4.78, 5) is 0. The first-order valence-electron chi connectivity index (χ1n) is 6.16. The van der Waals surface area contributed by atoms with Crippen molar-refractivity contribution in [1.29, 1.82) is 0 Å². The second kappa shape index (κ2) is 7.70. The van der Waals surface area contributed by atoms with Crippen molar-refractivity contribution in [3.05, 3.63) is 41.9 Å². The second-order valence-electron chi connectivity index (χ2n) is 3.93. The predicted molar refractivity (Wildman–Crippen MR) is 70.9 cm³/mol. The van der Waals surface area contributed by atoms with E-state index in [9.17, 15) is 0 Å². The Bertz CT molecular complexity index is 380. The zero-order valence-electron chi connectivity index (χ0n) is 10.8. The minimum absolute atomic E-state index is 0.707. The van der Waals surface area contributed by atoms with Crippen molar-refractivity contribution in [3.8, 4) is 0 Å². The number of allylic oxidation sites excluding steroid dienone is 3. The Morgan fingerprint density at radius 2 is 2.24 bits per heavy atom. The molecule has 0 heterocycles. The van der Waals surface area contributed by atoms with Gasteiger partial charge in [-0.3, -0.25) is 4.42 Å². The van der Waals surface area contributed by atoms with Crippen LogP contribution < -0.4 is 0 Å². The van der Waals surface area contributed by atoms with Crippen LogP contribution in [-0.2, 0) is 9.16 Å². The molecule has 0 aromatic heterocycles. The fourth-order valence-corrected chi connectivity index (χ4v) is 1.59. The summed E-state index contributed by atoms with van der Waals surface area (Å²) in [5.74, 6) is 1.54. The lowest BCUT2D eigenvalue weighted by molar-refractivity contribution is -0.456. The van der Waals surface area contributed by atoms with Gasteiger partial charge in [0.15, 0.2) is 5.76 Å². The molecule has 0 spiro atoms. The van der Waals surface area contributed by atoms with E-state index < -0.39 is 0 Å². The number of unbranched alkanes of at least 4 members (excludes halogenated alkanes) is 3. The average Bonchev–Trinajstić information content (AvgIpc) is 2.38. The molecule has 0 aliphatic heterocycles. The van der Waals surface area contributed by atoms with Crippen LogP contribution in [0, 0.1) is 0 Å². The van der Waals surface area contributed by atoms with E-state index >= 15 is 0 Å². The number of hydrogen-bond donors (Lipinski definition) is 0. The van der Waals surface area contributed by atoms with Gasteiger partial charge in [0.1, 0.15) is 0 Å². The van der Waals surface area contributed by atoms with Gasteiger partial charge in [0, 0.05) is 12.5 Å². The summed E-state index contributed by atoms with van der Waals surface area (Å²) in [5.41, 5.74) is 3.97. The van der Waals surface area contributed by atoms with Gasteiger partial charge in [-0.05, 0) is 6.42 Å². The Balaban J connectivity index is 2.58. The number of hydrogen-bond acceptors (Lipinski definition) is 1. The molecule has 0 fully saturated rings. The summed E-state index contributed by atoms with van der Waals surface area (Å²) in [6.07, 6.45) is 10.3. The monoisotopic (exact) mass is 233 g/mol. The van der Waals surface area contributed by atoms with Crippen molar-refractivity contribution < 1.29 is 9.16 Å². The molecular weight excluding hydrogens is 212 g/mol. The van der Waals surface area contributed by atoms with E-state index in [4.69, 9.17) is 9.16 Å². The van der Waals surface area contributed by atoms with E-state index in [1.165, 1.54) is 19.3 Å². The Morgan fingerprint density at radius 1 is 1.41 bits per heavy atom. The third-order valence-electron chi connectivity index (χ3n) is 2.61. The molecule has 17 heavy (non-hydrogen) atoms. The van der Waals surface area contributed by atoms with Crippen LogP contribution in [0.5, 0.6) is 0 Å². The minimum atomic E-state index is 0.707. The first kappa shape index (κ1) is 13.5. The molecule has 92 valence electrons. The van der Waals surface area contributed by atoms with Crippen LogP contribution in [0.3, 0.4) is 0 Å². The van der Waals surface area contributed by atoms with Crippen LogP contribution in [0.25, 0.3) is 0 Å². The van der Waals surface area contributed by atoms with Crippen molar-refractivity contribution in [3.63, 3.8) is 0 Å². The summed E-state index contributed by atoms with van der Waals surface area (Å²) in [6.45, 7) is 6.73. The quantitative estimate of drug-likeness (QED) is 0.374. The molecule has 2 nitrogen and oxygen atoms in total. The first-order valence-corrected chi connectivity index (χ1v) is 6.16. The Labute approximate surface area is 104 Å². The zero-order valence-corrected chi connectivity index (χ0v) is 10.8. The summed E-state index contributed by atoms with van der Waals surface area (Å²) in [6, 6.07) is 0. The molecule has 0 saturated heterocycles. The van der Waals surface area contributed by atoms with E-state index in [-0.39, 0.29) is 0 Å².